The molecule has 0 aliphatic heterocycles. The van der Waals surface area contributed by atoms with Crippen LogP contribution in [0, 0.1) is 5.41 Å². The van der Waals surface area contributed by atoms with Crippen molar-refractivity contribution in [3.63, 3.8) is 0 Å². The van der Waals surface area contributed by atoms with Gasteiger partial charge >= 0.3 is 5.97 Å². The van der Waals surface area contributed by atoms with Crippen LogP contribution < -0.4 is 16.8 Å². The minimum atomic E-state index is -4.77. The van der Waals surface area contributed by atoms with Crippen molar-refractivity contribution >= 4 is 49.2 Å². The number of carboxylic acid groups (broad SMARTS) is 1. The Balaban J connectivity index is 1.57. The summed E-state index contributed by atoms with van der Waals surface area (Å²) in [6, 6.07) is 23.6. The molecule has 0 fully saturated rings. The smallest absolute Gasteiger partial charge is 0.344 e. The van der Waals surface area contributed by atoms with E-state index >= 15 is 0 Å². The van der Waals surface area contributed by atoms with Gasteiger partial charge in [-0.25, -0.2) is 13.2 Å². The molecule has 1 amide bonds. The number of para-hydroxylation sites is 1. The highest BCUT2D eigenvalue weighted by molar-refractivity contribution is 7.93. The maximum Gasteiger partial charge on any atom is 0.344 e. The summed E-state index contributed by atoms with van der Waals surface area (Å²) in [5, 5.41) is 21.7. The predicted molar refractivity (Wildman–Crippen MR) is 155 cm³/mol. The Hall–Kier alpha value is -5.13. The number of carbonyl (C=O) groups excluding carboxylic acids is 1. The minimum absolute atomic E-state index is 0.0665. The van der Waals surface area contributed by atoms with Gasteiger partial charge in [-0.1, -0.05) is 72.8 Å². The monoisotopic (exact) mass is 567 g/mol. The lowest BCUT2D eigenvalue weighted by Gasteiger charge is -2.27. The molecule has 5 rings (SSSR count). The number of carboxylic acids is 1. The van der Waals surface area contributed by atoms with Crippen LogP contribution >= 0.6 is 0 Å². The van der Waals surface area contributed by atoms with E-state index in [1.807, 2.05) is 0 Å². The summed E-state index contributed by atoms with van der Waals surface area (Å²) in [7, 11) is -4.77. The molecule has 206 valence electrons. The van der Waals surface area contributed by atoms with Gasteiger partial charge in [0.1, 0.15) is 5.84 Å². The standard InChI is InChI=1S/C30H25N5O5S/c31-27(32)20-14-12-18(13-15-20)17-35-28(36)23-9-2-8-22-21(23)7-3-10-24(22)30(33,29(37)38)41(39,40)25-11-1-5-19-6-4-16-34-26(19)25/h1-16H,17,33H2,(H3,31,32)(H,35,36)(H,37,38). The fraction of sp³-hybridized carbons (Fsp3) is 0.0667. The highest BCUT2D eigenvalue weighted by Gasteiger charge is 2.51. The number of pyridine rings is 1. The lowest BCUT2D eigenvalue weighted by Crippen LogP contribution is -2.51. The molecular formula is C30H25N5O5S. The summed E-state index contributed by atoms with van der Waals surface area (Å²) >= 11 is 0. The van der Waals surface area contributed by atoms with E-state index in [1.165, 1.54) is 42.6 Å². The number of aliphatic carboxylic acids is 1. The van der Waals surface area contributed by atoms with Crippen molar-refractivity contribution in [2.75, 3.05) is 0 Å². The minimum Gasteiger partial charge on any atom is -0.479 e. The van der Waals surface area contributed by atoms with Gasteiger partial charge < -0.3 is 16.2 Å². The summed E-state index contributed by atoms with van der Waals surface area (Å²) in [4.78, 5) is 26.9. The Kier molecular flexibility index (Phi) is 6.99. The van der Waals surface area contributed by atoms with Gasteiger partial charge in [-0.15, -0.1) is 0 Å². The number of rotatable bonds is 8. The number of nitrogen functional groups attached to an aromatic ring is 1. The molecule has 0 aliphatic carbocycles. The molecule has 5 aromatic rings. The molecule has 0 saturated carbocycles. The molecule has 0 spiro atoms. The first-order chi connectivity index (χ1) is 19.6. The lowest BCUT2D eigenvalue weighted by molar-refractivity contribution is -0.140. The zero-order valence-electron chi connectivity index (χ0n) is 21.5. The zero-order chi connectivity index (χ0) is 29.4. The van der Waals surface area contributed by atoms with Crippen LogP contribution in [0.5, 0.6) is 0 Å². The van der Waals surface area contributed by atoms with Crippen LogP contribution in [0.1, 0.15) is 27.0 Å². The Morgan fingerprint density at radius 1 is 0.902 bits per heavy atom. The molecule has 1 heterocycles. The highest BCUT2D eigenvalue weighted by Crippen LogP contribution is 2.38. The van der Waals surface area contributed by atoms with Crippen LogP contribution in [0.4, 0.5) is 0 Å². The molecule has 41 heavy (non-hydrogen) atoms. The molecule has 0 radical (unpaired) electrons. The molecule has 1 aromatic heterocycles. The molecule has 7 N–H and O–H groups in total. The molecule has 1 unspecified atom stereocenters. The number of fused-ring (bicyclic) bond motifs is 2. The van der Waals surface area contributed by atoms with E-state index in [0.29, 0.717) is 16.3 Å². The summed E-state index contributed by atoms with van der Waals surface area (Å²) in [6.07, 6.45) is 1.42. The van der Waals surface area contributed by atoms with Crippen molar-refractivity contribution in [2.45, 2.75) is 16.3 Å². The summed E-state index contributed by atoms with van der Waals surface area (Å²) in [5.41, 5.74) is 13.3. The normalized spacial score (nSPS) is 13.0. The van der Waals surface area contributed by atoms with Crippen LogP contribution in [-0.4, -0.2) is 36.2 Å². The zero-order valence-corrected chi connectivity index (χ0v) is 22.4. The Morgan fingerprint density at radius 2 is 1.56 bits per heavy atom. The van der Waals surface area contributed by atoms with Crippen molar-refractivity contribution in [1.82, 2.24) is 10.3 Å². The van der Waals surface area contributed by atoms with Gasteiger partial charge in [0.05, 0.1) is 10.4 Å². The van der Waals surface area contributed by atoms with Crippen molar-refractivity contribution < 1.29 is 23.1 Å². The summed E-state index contributed by atoms with van der Waals surface area (Å²) in [6.45, 7) is 0.172. The highest BCUT2D eigenvalue weighted by atomic mass is 32.2. The number of benzene rings is 4. The third-order valence-electron chi connectivity index (χ3n) is 6.91. The summed E-state index contributed by atoms with van der Waals surface area (Å²) in [5.74, 6) is -2.30. The third kappa shape index (κ3) is 4.66. The fourth-order valence-corrected chi connectivity index (χ4v) is 6.48. The van der Waals surface area contributed by atoms with Crippen LogP contribution in [-0.2, 0) is 26.0 Å². The van der Waals surface area contributed by atoms with E-state index in [2.05, 4.69) is 10.3 Å². The number of carbonyl (C=O) groups is 2. The van der Waals surface area contributed by atoms with Crippen LogP contribution in [0.15, 0.2) is 102 Å². The Bertz CT molecular complexity index is 1950. The van der Waals surface area contributed by atoms with Gasteiger partial charge in [0.15, 0.2) is 0 Å². The number of sulfone groups is 1. The quantitative estimate of drug-likeness (QED) is 0.139. The van der Waals surface area contributed by atoms with Gasteiger partial charge in [0.2, 0.25) is 14.7 Å². The van der Waals surface area contributed by atoms with Crippen LogP contribution in [0.3, 0.4) is 0 Å². The molecule has 1 atom stereocenters. The van der Waals surface area contributed by atoms with Crippen molar-refractivity contribution in [2.24, 2.45) is 11.5 Å². The van der Waals surface area contributed by atoms with Gasteiger partial charge in [0, 0.05) is 34.8 Å². The second-order valence-electron chi connectivity index (χ2n) is 9.38. The van der Waals surface area contributed by atoms with Gasteiger partial charge in [-0.2, -0.15) is 0 Å². The molecule has 10 nitrogen and oxygen atoms in total. The van der Waals surface area contributed by atoms with Gasteiger partial charge in [-0.05, 0) is 34.5 Å². The number of hydrogen-bond donors (Lipinski definition) is 5. The first-order valence-electron chi connectivity index (χ1n) is 12.4. The second kappa shape index (κ2) is 10.5. The molecular weight excluding hydrogens is 542 g/mol. The lowest BCUT2D eigenvalue weighted by atomic mass is 9.95. The van der Waals surface area contributed by atoms with Crippen LogP contribution in [0.2, 0.25) is 0 Å². The second-order valence-corrected chi connectivity index (χ2v) is 11.5. The SMILES string of the molecule is N=C(N)c1ccc(CNC(=O)c2cccc3c(C(N)(C(=O)O)S(=O)(=O)c4cccc5cccnc45)cccc23)cc1. The average molecular weight is 568 g/mol. The van der Waals surface area contributed by atoms with Gasteiger partial charge in [0.25, 0.3) is 5.91 Å². The molecule has 4 aromatic carbocycles. The van der Waals surface area contributed by atoms with E-state index in [9.17, 15) is 23.1 Å². The molecule has 0 aliphatic rings. The molecule has 0 bridgehead atoms. The van der Waals surface area contributed by atoms with E-state index in [1.54, 1.807) is 54.6 Å². The Labute approximate surface area is 235 Å². The van der Waals surface area contributed by atoms with Crippen molar-refractivity contribution in [3.05, 3.63) is 119 Å². The van der Waals surface area contributed by atoms with Gasteiger partial charge in [-0.3, -0.25) is 20.9 Å². The fourth-order valence-electron chi connectivity index (χ4n) is 4.75. The number of nitrogens with zero attached hydrogens (tertiary/aromatic N) is 1. The first-order valence-corrected chi connectivity index (χ1v) is 13.9. The van der Waals surface area contributed by atoms with E-state index in [-0.39, 0.29) is 39.3 Å². The van der Waals surface area contributed by atoms with E-state index in [0.717, 1.165) is 5.56 Å². The number of amidine groups is 1. The van der Waals surface area contributed by atoms with Crippen molar-refractivity contribution in [3.8, 4) is 0 Å². The number of hydrogen-bond acceptors (Lipinski definition) is 7. The average Bonchev–Trinajstić information content (AvgIpc) is 2.98. The van der Waals surface area contributed by atoms with Crippen LogP contribution in [0.25, 0.3) is 21.7 Å². The molecule has 11 heteroatoms. The number of aromatic nitrogens is 1. The number of nitrogens with one attached hydrogen (secondary N) is 2. The third-order valence-corrected chi connectivity index (χ3v) is 9.06. The van der Waals surface area contributed by atoms with E-state index in [4.69, 9.17) is 16.9 Å². The maximum atomic E-state index is 14.1. The predicted octanol–water partition coefficient (Wildman–Crippen LogP) is 3.27. The Morgan fingerprint density at radius 3 is 2.27 bits per heavy atom. The topological polar surface area (TPSA) is 189 Å². The summed E-state index contributed by atoms with van der Waals surface area (Å²) < 4.78 is 28.1. The number of nitrogens with two attached hydrogens (primary N) is 2. The van der Waals surface area contributed by atoms with Crippen molar-refractivity contribution in [1.29, 1.82) is 5.41 Å². The van der Waals surface area contributed by atoms with E-state index < -0.39 is 26.6 Å². The maximum absolute atomic E-state index is 14.1. The molecule has 0 saturated heterocycles. The number of amides is 1. The first kappa shape index (κ1) is 27.4. The largest absolute Gasteiger partial charge is 0.479 e.